The first-order valence-electron chi connectivity index (χ1n) is 7.55. The molecule has 3 aromatic rings. The summed E-state index contributed by atoms with van der Waals surface area (Å²) in [6, 6.07) is 23.4. The van der Waals surface area contributed by atoms with E-state index < -0.39 is 0 Å². The number of nitrogens with one attached hydrogen (secondary N) is 1. The van der Waals surface area contributed by atoms with Gasteiger partial charge in [0, 0.05) is 16.3 Å². The summed E-state index contributed by atoms with van der Waals surface area (Å²) in [5.41, 5.74) is 2.39. The molecule has 0 saturated heterocycles. The molecule has 0 aliphatic carbocycles. The summed E-state index contributed by atoms with van der Waals surface area (Å²) in [6.45, 7) is 0. The van der Waals surface area contributed by atoms with Crippen molar-refractivity contribution in [2.75, 3.05) is 5.32 Å². The van der Waals surface area contributed by atoms with E-state index in [9.17, 15) is 9.18 Å². The third kappa shape index (κ3) is 4.24. The van der Waals surface area contributed by atoms with E-state index in [0.29, 0.717) is 11.3 Å². The lowest BCUT2D eigenvalue weighted by Gasteiger charge is -2.10. The molecule has 0 bridgehead atoms. The molecule has 0 spiro atoms. The molecule has 0 fully saturated rings. The normalized spacial score (nSPS) is 10.4. The Morgan fingerprint density at radius 2 is 1.54 bits per heavy atom. The maximum Gasteiger partial charge on any atom is 0.256 e. The lowest BCUT2D eigenvalue weighted by molar-refractivity contribution is 0.102. The van der Waals surface area contributed by atoms with Gasteiger partial charge in [0.15, 0.2) is 0 Å². The minimum atomic E-state index is -0.327. The lowest BCUT2D eigenvalue weighted by atomic mass is 10.2. The maximum atomic E-state index is 13.0. The van der Waals surface area contributed by atoms with Gasteiger partial charge in [-0.15, -0.1) is 11.8 Å². The third-order valence-electron chi connectivity index (χ3n) is 3.47. The minimum absolute atomic E-state index is 0.197. The average Bonchev–Trinajstić information content (AvgIpc) is 2.63. The molecule has 0 heterocycles. The van der Waals surface area contributed by atoms with Crippen molar-refractivity contribution in [3.63, 3.8) is 0 Å². The molecule has 0 unspecified atom stereocenters. The number of hydrogen-bond acceptors (Lipinski definition) is 2. The number of rotatable bonds is 5. The highest BCUT2D eigenvalue weighted by Crippen LogP contribution is 2.27. The van der Waals surface area contributed by atoms with Crippen LogP contribution in [0.3, 0.4) is 0 Å². The fourth-order valence-electron chi connectivity index (χ4n) is 2.25. The van der Waals surface area contributed by atoms with E-state index in [4.69, 9.17) is 0 Å². The van der Waals surface area contributed by atoms with Crippen molar-refractivity contribution in [3.05, 3.63) is 95.8 Å². The van der Waals surface area contributed by atoms with Gasteiger partial charge in [-0.1, -0.05) is 42.5 Å². The Bertz CT molecular complexity index is 819. The van der Waals surface area contributed by atoms with Crippen LogP contribution in [-0.2, 0) is 5.75 Å². The van der Waals surface area contributed by atoms with E-state index in [1.807, 2.05) is 36.4 Å². The Labute approximate surface area is 144 Å². The number of thioether (sulfide) groups is 1. The molecule has 120 valence electrons. The topological polar surface area (TPSA) is 29.1 Å². The maximum absolute atomic E-state index is 13.0. The van der Waals surface area contributed by atoms with E-state index in [1.165, 1.54) is 17.7 Å². The molecule has 0 atom stereocenters. The summed E-state index contributed by atoms with van der Waals surface area (Å²) >= 11 is 1.62. The van der Waals surface area contributed by atoms with Gasteiger partial charge in [0.05, 0.1) is 5.56 Å². The molecule has 0 radical (unpaired) electrons. The number of amides is 1. The van der Waals surface area contributed by atoms with Crippen molar-refractivity contribution in [1.82, 2.24) is 0 Å². The fourth-order valence-corrected chi connectivity index (χ4v) is 3.25. The van der Waals surface area contributed by atoms with E-state index in [-0.39, 0.29) is 11.7 Å². The van der Waals surface area contributed by atoms with Crippen LogP contribution in [0.5, 0.6) is 0 Å². The third-order valence-corrected chi connectivity index (χ3v) is 4.62. The van der Waals surface area contributed by atoms with Gasteiger partial charge < -0.3 is 5.32 Å². The lowest BCUT2D eigenvalue weighted by Crippen LogP contribution is -2.12. The molecule has 1 N–H and O–H groups in total. The molecular weight excluding hydrogens is 321 g/mol. The Morgan fingerprint density at radius 3 is 2.29 bits per heavy atom. The minimum Gasteiger partial charge on any atom is -0.322 e. The molecule has 3 rings (SSSR count). The molecule has 2 nitrogen and oxygen atoms in total. The molecule has 4 heteroatoms. The Balaban J connectivity index is 1.73. The summed E-state index contributed by atoms with van der Waals surface area (Å²) in [4.78, 5) is 13.4. The zero-order valence-corrected chi connectivity index (χ0v) is 13.7. The Hall–Kier alpha value is -2.59. The Kier molecular flexibility index (Phi) is 5.29. The van der Waals surface area contributed by atoms with E-state index in [0.717, 1.165) is 10.6 Å². The number of halogens is 1. The SMILES string of the molecule is O=C(Nc1ccc(F)cc1)c1ccccc1SCc1ccccc1. The first kappa shape index (κ1) is 16.3. The molecule has 0 aliphatic heterocycles. The molecule has 3 aromatic carbocycles. The number of carbonyl (C=O) groups excluding carboxylic acids is 1. The van der Waals surface area contributed by atoms with Crippen molar-refractivity contribution >= 4 is 23.4 Å². The van der Waals surface area contributed by atoms with Gasteiger partial charge >= 0.3 is 0 Å². The summed E-state index contributed by atoms with van der Waals surface area (Å²) in [5, 5.41) is 2.81. The van der Waals surface area contributed by atoms with Gasteiger partial charge in [0.2, 0.25) is 0 Å². The van der Waals surface area contributed by atoms with Crippen molar-refractivity contribution in [3.8, 4) is 0 Å². The van der Waals surface area contributed by atoms with Crippen LogP contribution in [0.1, 0.15) is 15.9 Å². The molecular formula is C20H16FNOS. The fraction of sp³-hybridized carbons (Fsp3) is 0.0500. The standard InChI is InChI=1S/C20H16FNOS/c21-16-10-12-17(13-11-16)22-20(23)18-8-4-5-9-19(18)24-14-15-6-2-1-3-7-15/h1-13H,14H2,(H,22,23). The predicted octanol–water partition coefficient (Wildman–Crippen LogP) is 5.37. The van der Waals surface area contributed by atoms with Gasteiger partial charge in [-0.05, 0) is 42.0 Å². The van der Waals surface area contributed by atoms with Gasteiger partial charge in [-0.3, -0.25) is 4.79 Å². The highest BCUT2D eigenvalue weighted by molar-refractivity contribution is 7.98. The average molecular weight is 337 g/mol. The zero-order valence-electron chi connectivity index (χ0n) is 12.9. The molecule has 0 saturated carbocycles. The quantitative estimate of drug-likeness (QED) is 0.634. The second-order valence-electron chi connectivity index (χ2n) is 5.23. The van der Waals surface area contributed by atoms with Crippen LogP contribution in [0.4, 0.5) is 10.1 Å². The largest absolute Gasteiger partial charge is 0.322 e. The van der Waals surface area contributed by atoms with Gasteiger partial charge in [0.25, 0.3) is 5.91 Å². The van der Waals surface area contributed by atoms with E-state index in [1.54, 1.807) is 30.0 Å². The predicted molar refractivity (Wildman–Crippen MR) is 96.8 cm³/mol. The van der Waals surface area contributed by atoms with E-state index in [2.05, 4.69) is 17.4 Å². The van der Waals surface area contributed by atoms with E-state index >= 15 is 0 Å². The first-order valence-corrected chi connectivity index (χ1v) is 8.53. The van der Waals surface area contributed by atoms with Crippen LogP contribution in [0.2, 0.25) is 0 Å². The number of anilines is 1. The highest BCUT2D eigenvalue weighted by Gasteiger charge is 2.11. The second kappa shape index (κ2) is 7.79. The highest BCUT2D eigenvalue weighted by atomic mass is 32.2. The molecule has 1 amide bonds. The summed E-state index contributed by atoms with van der Waals surface area (Å²) in [5.74, 6) is 0.270. The smallest absolute Gasteiger partial charge is 0.256 e. The summed E-state index contributed by atoms with van der Waals surface area (Å²) in [6.07, 6.45) is 0. The molecule has 24 heavy (non-hydrogen) atoms. The number of benzene rings is 3. The van der Waals surface area contributed by atoms with Crippen LogP contribution in [0.25, 0.3) is 0 Å². The van der Waals surface area contributed by atoms with Crippen molar-refractivity contribution in [2.24, 2.45) is 0 Å². The van der Waals surface area contributed by atoms with Gasteiger partial charge in [0.1, 0.15) is 5.82 Å². The van der Waals surface area contributed by atoms with Crippen molar-refractivity contribution in [1.29, 1.82) is 0 Å². The van der Waals surface area contributed by atoms with Gasteiger partial charge in [-0.25, -0.2) is 4.39 Å². The summed E-state index contributed by atoms with van der Waals surface area (Å²) < 4.78 is 13.0. The summed E-state index contributed by atoms with van der Waals surface area (Å²) in [7, 11) is 0. The van der Waals surface area contributed by atoms with Gasteiger partial charge in [-0.2, -0.15) is 0 Å². The Morgan fingerprint density at radius 1 is 0.875 bits per heavy atom. The monoisotopic (exact) mass is 337 g/mol. The zero-order chi connectivity index (χ0) is 16.8. The van der Waals surface area contributed by atoms with Crippen LogP contribution in [0, 0.1) is 5.82 Å². The van der Waals surface area contributed by atoms with Crippen molar-refractivity contribution < 1.29 is 9.18 Å². The second-order valence-corrected chi connectivity index (χ2v) is 6.25. The molecule has 0 aliphatic rings. The van der Waals surface area contributed by atoms with Crippen LogP contribution >= 0.6 is 11.8 Å². The molecule has 0 aromatic heterocycles. The number of hydrogen-bond donors (Lipinski definition) is 1. The van der Waals surface area contributed by atoms with Crippen LogP contribution < -0.4 is 5.32 Å². The van der Waals surface area contributed by atoms with Crippen LogP contribution in [0.15, 0.2) is 83.8 Å². The first-order chi connectivity index (χ1) is 11.7. The van der Waals surface area contributed by atoms with Crippen LogP contribution in [-0.4, -0.2) is 5.91 Å². The van der Waals surface area contributed by atoms with Crippen molar-refractivity contribution in [2.45, 2.75) is 10.6 Å². The number of carbonyl (C=O) groups is 1.